The first-order chi connectivity index (χ1) is 11.1. The summed E-state index contributed by atoms with van der Waals surface area (Å²) >= 11 is 11.9. The molecule has 6 heteroatoms. The monoisotopic (exact) mass is 346 g/mol. The molecule has 1 amide bonds. The minimum absolute atomic E-state index is 0.324. The second-order valence-electron chi connectivity index (χ2n) is 4.86. The van der Waals surface area contributed by atoms with Crippen LogP contribution in [0.25, 0.3) is 10.9 Å². The van der Waals surface area contributed by atoms with Crippen LogP contribution in [-0.2, 0) is 0 Å². The van der Waals surface area contributed by atoms with Crippen LogP contribution >= 0.6 is 23.2 Å². The third kappa shape index (κ3) is 3.38. The summed E-state index contributed by atoms with van der Waals surface area (Å²) in [6, 6.07) is 12.0. The Morgan fingerprint density at radius 1 is 1.13 bits per heavy atom. The molecule has 3 rings (SSSR count). The molecule has 2 aromatic carbocycles. The fourth-order valence-electron chi connectivity index (χ4n) is 2.26. The van der Waals surface area contributed by atoms with E-state index in [1.54, 1.807) is 37.6 Å². The number of ether oxygens (including phenoxy) is 1. The van der Waals surface area contributed by atoms with Gasteiger partial charge in [0.1, 0.15) is 5.75 Å². The summed E-state index contributed by atoms with van der Waals surface area (Å²) < 4.78 is 5.27. The smallest absolute Gasteiger partial charge is 0.255 e. The van der Waals surface area contributed by atoms with Gasteiger partial charge in [-0.25, -0.2) is 0 Å². The van der Waals surface area contributed by atoms with Crippen molar-refractivity contribution in [2.24, 2.45) is 0 Å². The van der Waals surface area contributed by atoms with E-state index in [-0.39, 0.29) is 5.91 Å². The van der Waals surface area contributed by atoms with Crippen molar-refractivity contribution in [1.82, 2.24) is 4.98 Å². The Labute approximate surface area is 143 Å². The van der Waals surface area contributed by atoms with Gasteiger partial charge in [-0.3, -0.25) is 9.78 Å². The lowest BCUT2D eigenvalue weighted by Gasteiger charge is -2.11. The summed E-state index contributed by atoms with van der Waals surface area (Å²) in [7, 11) is 1.57. The highest BCUT2D eigenvalue weighted by molar-refractivity contribution is 6.35. The molecule has 0 unspecified atom stereocenters. The number of halogens is 2. The number of fused-ring (bicyclic) bond motifs is 1. The third-order valence-corrected chi connectivity index (χ3v) is 3.72. The number of hydrogen-bond acceptors (Lipinski definition) is 3. The Bertz CT molecular complexity index is 877. The zero-order valence-electron chi connectivity index (χ0n) is 12.1. The number of nitrogens with one attached hydrogen (secondary N) is 1. The molecule has 1 aromatic heterocycles. The van der Waals surface area contributed by atoms with Gasteiger partial charge >= 0.3 is 0 Å². The maximum atomic E-state index is 12.5. The average Bonchev–Trinajstić information content (AvgIpc) is 2.53. The van der Waals surface area contributed by atoms with Crippen LogP contribution in [0.4, 0.5) is 5.69 Å². The van der Waals surface area contributed by atoms with Gasteiger partial charge in [-0.15, -0.1) is 0 Å². The fraction of sp³-hybridized carbons (Fsp3) is 0.0588. The lowest BCUT2D eigenvalue weighted by molar-refractivity contribution is 0.102. The molecule has 23 heavy (non-hydrogen) atoms. The Kier molecular flexibility index (Phi) is 4.37. The van der Waals surface area contributed by atoms with Crippen LogP contribution in [0.3, 0.4) is 0 Å². The first-order valence-electron chi connectivity index (χ1n) is 6.77. The van der Waals surface area contributed by atoms with Crippen molar-refractivity contribution in [2.45, 2.75) is 0 Å². The van der Waals surface area contributed by atoms with E-state index in [0.717, 1.165) is 5.39 Å². The molecular weight excluding hydrogens is 335 g/mol. The van der Waals surface area contributed by atoms with E-state index in [2.05, 4.69) is 10.3 Å². The van der Waals surface area contributed by atoms with Crippen LogP contribution in [0.15, 0.2) is 48.7 Å². The molecule has 0 saturated heterocycles. The molecule has 1 N–H and O–H groups in total. The summed E-state index contributed by atoms with van der Waals surface area (Å²) in [6.07, 6.45) is 1.67. The van der Waals surface area contributed by atoms with Gasteiger partial charge in [0.15, 0.2) is 0 Å². The predicted octanol–water partition coefficient (Wildman–Crippen LogP) is 4.80. The molecule has 0 spiro atoms. The highest BCUT2D eigenvalue weighted by Gasteiger charge is 2.12. The Morgan fingerprint density at radius 2 is 1.87 bits per heavy atom. The Hall–Kier alpha value is -2.30. The van der Waals surface area contributed by atoms with Crippen molar-refractivity contribution in [2.75, 3.05) is 12.4 Å². The van der Waals surface area contributed by atoms with E-state index in [9.17, 15) is 4.79 Å². The SMILES string of the molecule is COc1cc(NC(=O)c2cc(Cl)cc(Cl)c2)c2ncccc2c1. The maximum absolute atomic E-state index is 12.5. The molecule has 0 fully saturated rings. The van der Waals surface area contributed by atoms with Gasteiger partial charge in [-0.1, -0.05) is 29.3 Å². The number of amides is 1. The highest BCUT2D eigenvalue weighted by Crippen LogP contribution is 2.28. The lowest BCUT2D eigenvalue weighted by Crippen LogP contribution is -2.12. The van der Waals surface area contributed by atoms with E-state index in [1.165, 1.54) is 0 Å². The first kappa shape index (κ1) is 15.6. The van der Waals surface area contributed by atoms with Gasteiger partial charge in [0.25, 0.3) is 5.91 Å². The summed E-state index contributed by atoms with van der Waals surface area (Å²) in [6.45, 7) is 0. The van der Waals surface area contributed by atoms with Gasteiger partial charge in [0.2, 0.25) is 0 Å². The van der Waals surface area contributed by atoms with E-state index in [4.69, 9.17) is 27.9 Å². The number of pyridine rings is 1. The van der Waals surface area contributed by atoms with Crippen molar-refractivity contribution in [3.05, 3.63) is 64.3 Å². The molecule has 0 aliphatic rings. The van der Waals surface area contributed by atoms with Gasteiger partial charge < -0.3 is 10.1 Å². The van der Waals surface area contributed by atoms with Crippen LogP contribution in [0.1, 0.15) is 10.4 Å². The summed E-state index contributed by atoms with van der Waals surface area (Å²) in [5.74, 6) is 0.305. The predicted molar refractivity (Wildman–Crippen MR) is 92.7 cm³/mol. The Morgan fingerprint density at radius 3 is 2.57 bits per heavy atom. The number of aromatic nitrogens is 1. The van der Waals surface area contributed by atoms with Gasteiger partial charge in [0.05, 0.1) is 18.3 Å². The van der Waals surface area contributed by atoms with Crippen molar-refractivity contribution < 1.29 is 9.53 Å². The quantitative estimate of drug-likeness (QED) is 0.740. The molecular formula is C17H12Cl2N2O2. The number of anilines is 1. The van der Waals surface area contributed by atoms with Gasteiger partial charge in [0, 0.05) is 33.3 Å². The number of carbonyl (C=O) groups is 1. The number of benzene rings is 2. The van der Waals surface area contributed by atoms with Gasteiger partial charge in [-0.05, 0) is 30.3 Å². The molecule has 1 heterocycles. The molecule has 0 aliphatic heterocycles. The molecule has 0 bridgehead atoms. The second kappa shape index (κ2) is 6.44. The molecule has 4 nitrogen and oxygen atoms in total. The van der Waals surface area contributed by atoms with E-state index in [0.29, 0.717) is 32.6 Å². The van der Waals surface area contributed by atoms with Crippen LogP contribution in [0, 0.1) is 0 Å². The molecule has 0 saturated carbocycles. The molecule has 0 radical (unpaired) electrons. The molecule has 3 aromatic rings. The van der Waals surface area contributed by atoms with Crippen LogP contribution in [0.5, 0.6) is 5.75 Å². The highest BCUT2D eigenvalue weighted by atomic mass is 35.5. The zero-order chi connectivity index (χ0) is 16.4. The van der Waals surface area contributed by atoms with Gasteiger partial charge in [-0.2, -0.15) is 0 Å². The molecule has 0 aliphatic carbocycles. The first-order valence-corrected chi connectivity index (χ1v) is 7.52. The summed E-state index contributed by atoms with van der Waals surface area (Å²) in [5.41, 5.74) is 1.60. The zero-order valence-corrected chi connectivity index (χ0v) is 13.7. The number of carbonyl (C=O) groups excluding carboxylic acids is 1. The number of nitrogens with zero attached hydrogens (tertiary/aromatic N) is 1. The number of rotatable bonds is 3. The lowest BCUT2D eigenvalue weighted by atomic mass is 10.1. The maximum Gasteiger partial charge on any atom is 0.255 e. The minimum atomic E-state index is -0.324. The second-order valence-corrected chi connectivity index (χ2v) is 5.74. The van der Waals surface area contributed by atoms with Crippen molar-refractivity contribution in [3.8, 4) is 5.75 Å². The third-order valence-electron chi connectivity index (χ3n) is 3.29. The van der Waals surface area contributed by atoms with Crippen LogP contribution in [0.2, 0.25) is 10.0 Å². The van der Waals surface area contributed by atoms with E-state index < -0.39 is 0 Å². The largest absolute Gasteiger partial charge is 0.497 e. The van der Waals surface area contributed by atoms with Crippen molar-refractivity contribution in [1.29, 1.82) is 0 Å². The molecule has 0 atom stereocenters. The van der Waals surface area contributed by atoms with Crippen molar-refractivity contribution in [3.63, 3.8) is 0 Å². The number of hydrogen-bond donors (Lipinski definition) is 1. The molecule has 116 valence electrons. The topological polar surface area (TPSA) is 51.2 Å². The van der Waals surface area contributed by atoms with E-state index >= 15 is 0 Å². The summed E-state index contributed by atoms with van der Waals surface area (Å²) in [4.78, 5) is 16.8. The standard InChI is InChI=1S/C17H12Cl2N2O2/c1-23-14-7-10-3-2-4-20-16(10)15(9-14)21-17(22)11-5-12(18)8-13(19)6-11/h2-9H,1H3,(H,21,22). The van der Waals surface area contributed by atoms with Crippen LogP contribution < -0.4 is 10.1 Å². The minimum Gasteiger partial charge on any atom is -0.497 e. The number of methoxy groups -OCH3 is 1. The summed E-state index contributed by atoms with van der Waals surface area (Å²) in [5, 5.41) is 4.50. The van der Waals surface area contributed by atoms with Crippen LogP contribution in [-0.4, -0.2) is 18.0 Å². The average molecular weight is 347 g/mol. The Balaban J connectivity index is 2.01. The fourth-order valence-corrected chi connectivity index (χ4v) is 2.78. The normalized spacial score (nSPS) is 10.6. The van der Waals surface area contributed by atoms with Crippen molar-refractivity contribution >= 4 is 45.7 Å². The van der Waals surface area contributed by atoms with E-state index in [1.807, 2.05) is 18.2 Å².